The summed E-state index contributed by atoms with van der Waals surface area (Å²) in [5.41, 5.74) is 6.25. The van der Waals surface area contributed by atoms with E-state index in [1.807, 2.05) is 0 Å². The summed E-state index contributed by atoms with van der Waals surface area (Å²) in [7, 11) is -1.95. The van der Waals surface area contributed by atoms with E-state index in [4.69, 9.17) is 0 Å². The Labute approximate surface area is 368 Å². The van der Waals surface area contributed by atoms with Crippen LogP contribution in [0.4, 0.5) is 0 Å². The fraction of sp³-hybridized carbons (Fsp3) is 0.765. The van der Waals surface area contributed by atoms with Gasteiger partial charge in [-0.1, -0.05) is 167 Å². The van der Waals surface area contributed by atoms with Crippen molar-refractivity contribution in [2.45, 2.75) is 214 Å². The first-order valence-electron chi connectivity index (χ1n) is 23.8. The van der Waals surface area contributed by atoms with E-state index in [1.165, 1.54) is 178 Å². The Kier molecular flexibility index (Phi) is 36.3. The molecule has 0 bridgehead atoms. The maximum atomic E-state index is 2.54. The minimum atomic E-state index is -0.974. The van der Waals surface area contributed by atoms with Gasteiger partial charge < -0.3 is 34.0 Å². The highest BCUT2D eigenvalue weighted by molar-refractivity contribution is 7.75. The summed E-state index contributed by atoms with van der Waals surface area (Å²) in [6.45, 7) is 14.2. The van der Waals surface area contributed by atoms with Crippen molar-refractivity contribution in [2.24, 2.45) is 0 Å². The van der Waals surface area contributed by atoms with Crippen LogP contribution in [0.25, 0.3) is 0 Å². The number of unbranched alkanes of at least 4 members (excludes halogenated alkanes) is 18. The topological polar surface area (TPSA) is 0 Å². The normalized spacial score (nSPS) is 11.7. The second-order valence-electron chi connectivity index (χ2n) is 17.5. The largest absolute Gasteiger partial charge is 1.00 e. The number of halogens is 2. The molecule has 0 unspecified atom stereocenters. The van der Waals surface area contributed by atoms with Crippen molar-refractivity contribution in [3.05, 3.63) is 70.8 Å². The minimum absolute atomic E-state index is 0. The lowest BCUT2D eigenvalue weighted by atomic mass is 10.0. The zero-order valence-electron chi connectivity index (χ0n) is 37.6. The van der Waals surface area contributed by atoms with Gasteiger partial charge in [-0.3, -0.25) is 0 Å². The van der Waals surface area contributed by atoms with E-state index in [1.54, 1.807) is 48.1 Å². The van der Waals surface area contributed by atoms with Gasteiger partial charge in [0.1, 0.15) is 0 Å². The smallest absolute Gasteiger partial charge is 0.0842 e. The molecule has 2 aromatic carbocycles. The molecule has 0 saturated carbocycles. The van der Waals surface area contributed by atoms with Crippen LogP contribution in [0.3, 0.4) is 0 Å². The standard InChI is InChI=1S/C51H92P2.2BrH/c1-7-13-19-25-39-52(40-26-20-14-8-2,41-27-21-15-9-3)46-50-35-31-48(32-36-50)45-49-33-37-51(38-34-49)47-53(42-28-22-16-10-4,43-29-23-17-11-5)44-30-24-18-12-6;;/h31-38H,7-30,39-47H2,1-6H3;2*1H/q+2;;/p-2. The van der Waals surface area contributed by atoms with Crippen LogP contribution in [0.15, 0.2) is 48.5 Å². The molecule has 0 nitrogen and oxygen atoms in total. The van der Waals surface area contributed by atoms with Crippen LogP contribution in [0.1, 0.15) is 218 Å². The number of benzene rings is 2. The van der Waals surface area contributed by atoms with E-state index < -0.39 is 14.5 Å². The van der Waals surface area contributed by atoms with Crippen molar-refractivity contribution in [3.63, 3.8) is 0 Å². The molecule has 0 saturated heterocycles. The van der Waals surface area contributed by atoms with Gasteiger partial charge in [-0.2, -0.15) is 0 Å². The lowest BCUT2D eigenvalue weighted by Crippen LogP contribution is -3.00. The van der Waals surface area contributed by atoms with Crippen LogP contribution in [0.5, 0.6) is 0 Å². The maximum Gasteiger partial charge on any atom is 0.0842 e. The van der Waals surface area contributed by atoms with Gasteiger partial charge in [-0.15, -0.1) is 0 Å². The molecule has 0 N–H and O–H groups in total. The van der Waals surface area contributed by atoms with Crippen molar-refractivity contribution in [3.8, 4) is 0 Å². The highest BCUT2D eigenvalue weighted by Gasteiger charge is 2.37. The Morgan fingerprint density at radius 3 is 0.673 bits per heavy atom. The first kappa shape index (κ1) is 55.3. The maximum absolute atomic E-state index is 2.54. The van der Waals surface area contributed by atoms with Gasteiger partial charge in [0.25, 0.3) is 0 Å². The van der Waals surface area contributed by atoms with Crippen LogP contribution in [0.2, 0.25) is 0 Å². The zero-order valence-corrected chi connectivity index (χ0v) is 42.6. The van der Waals surface area contributed by atoms with Gasteiger partial charge in [0.15, 0.2) is 0 Å². The fourth-order valence-corrected chi connectivity index (χ4v) is 18.6. The van der Waals surface area contributed by atoms with E-state index >= 15 is 0 Å². The van der Waals surface area contributed by atoms with E-state index in [0.717, 1.165) is 6.42 Å². The van der Waals surface area contributed by atoms with Gasteiger partial charge in [0.2, 0.25) is 0 Å². The average Bonchev–Trinajstić information content (AvgIpc) is 3.17. The van der Waals surface area contributed by atoms with E-state index in [0.29, 0.717) is 0 Å². The average molecular weight is 927 g/mol. The number of rotatable bonds is 36. The predicted octanol–water partition coefficient (Wildman–Crippen LogP) is 11.8. The lowest BCUT2D eigenvalue weighted by molar-refractivity contribution is -0.001000. The molecule has 0 spiro atoms. The number of hydrogen-bond donors (Lipinski definition) is 0. The third-order valence-electron chi connectivity index (χ3n) is 12.4. The van der Waals surface area contributed by atoms with E-state index in [2.05, 4.69) is 90.1 Å². The number of hydrogen-bond acceptors (Lipinski definition) is 0. The molecule has 0 aliphatic heterocycles. The van der Waals surface area contributed by atoms with Crippen LogP contribution >= 0.6 is 14.5 Å². The van der Waals surface area contributed by atoms with Crippen molar-refractivity contribution >= 4 is 14.5 Å². The van der Waals surface area contributed by atoms with Crippen molar-refractivity contribution < 1.29 is 34.0 Å². The van der Waals surface area contributed by atoms with Gasteiger partial charge in [0, 0.05) is 14.5 Å². The third-order valence-corrected chi connectivity index (χ3v) is 22.1. The molecule has 0 fully saturated rings. The van der Waals surface area contributed by atoms with Crippen LogP contribution in [-0.2, 0) is 18.7 Å². The molecule has 0 aliphatic rings. The highest BCUT2D eigenvalue weighted by atomic mass is 79.9. The molecule has 55 heavy (non-hydrogen) atoms. The molecule has 0 amide bonds. The first-order chi connectivity index (χ1) is 26.0. The third kappa shape index (κ3) is 25.5. The molecule has 320 valence electrons. The van der Waals surface area contributed by atoms with Gasteiger partial charge in [-0.25, -0.2) is 0 Å². The summed E-state index contributed by atoms with van der Waals surface area (Å²) < 4.78 is 0. The Hall–Kier alpha value is 0.260. The van der Waals surface area contributed by atoms with Crippen LogP contribution in [0, 0.1) is 0 Å². The quantitative estimate of drug-likeness (QED) is 0.0472. The van der Waals surface area contributed by atoms with E-state index in [-0.39, 0.29) is 34.0 Å². The fourth-order valence-electron chi connectivity index (χ4n) is 8.92. The molecule has 0 aromatic heterocycles. The van der Waals surface area contributed by atoms with Gasteiger partial charge in [0.05, 0.1) is 49.3 Å². The highest BCUT2D eigenvalue weighted by Crippen LogP contribution is 2.64. The summed E-state index contributed by atoms with van der Waals surface area (Å²) in [4.78, 5) is 0. The van der Waals surface area contributed by atoms with Gasteiger partial charge in [-0.05, 0) is 106 Å². The summed E-state index contributed by atoms with van der Waals surface area (Å²) >= 11 is 0. The summed E-state index contributed by atoms with van der Waals surface area (Å²) in [5.74, 6) is 0. The Bertz CT molecular complexity index is 949. The second kappa shape index (κ2) is 36.1. The van der Waals surface area contributed by atoms with Crippen molar-refractivity contribution in [2.75, 3.05) is 37.0 Å². The SMILES string of the molecule is CCCCCC[P+](CCCCCC)(CCCCCC)Cc1ccc(Cc2ccc(C[P+](CCCCCC)(CCCCCC)CCCCCC)cc2)cc1.[Br-].[Br-]. The Balaban J connectivity index is 0.0000146. The molecule has 0 atom stereocenters. The van der Waals surface area contributed by atoms with Gasteiger partial charge >= 0.3 is 0 Å². The molecule has 2 rings (SSSR count). The molecule has 0 radical (unpaired) electrons. The van der Waals surface area contributed by atoms with Crippen LogP contribution in [-0.4, -0.2) is 37.0 Å². The Morgan fingerprint density at radius 1 is 0.273 bits per heavy atom. The van der Waals surface area contributed by atoms with Crippen molar-refractivity contribution in [1.82, 2.24) is 0 Å². The molecule has 4 heteroatoms. The van der Waals surface area contributed by atoms with E-state index in [9.17, 15) is 0 Å². The second-order valence-corrected chi connectivity index (χ2v) is 26.2. The predicted molar refractivity (Wildman–Crippen MR) is 251 cm³/mol. The van der Waals surface area contributed by atoms with Crippen molar-refractivity contribution in [1.29, 1.82) is 0 Å². The minimum Gasteiger partial charge on any atom is -1.00 e. The molecular weight excluding hydrogens is 834 g/mol. The monoisotopic (exact) mass is 925 g/mol. The first-order valence-corrected chi connectivity index (χ1v) is 28.9. The summed E-state index contributed by atoms with van der Waals surface area (Å²) in [6, 6.07) is 20.1. The summed E-state index contributed by atoms with van der Waals surface area (Å²) in [6.07, 6.45) is 47.2. The lowest BCUT2D eigenvalue weighted by Gasteiger charge is -2.29. The van der Waals surface area contributed by atoms with Crippen LogP contribution < -0.4 is 34.0 Å². The molecular formula is C51H92Br2P2. The zero-order chi connectivity index (χ0) is 38.3. The summed E-state index contributed by atoms with van der Waals surface area (Å²) in [5, 5.41) is 0. The molecule has 2 aromatic rings. The molecule has 0 aliphatic carbocycles. The Morgan fingerprint density at radius 2 is 0.473 bits per heavy atom. The molecule has 0 heterocycles.